The molecule has 0 fully saturated rings. The summed E-state index contributed by atoms with van der Waals surface area (Å²) in [5, 5.41) is 15.9. The Morgan fingerprint density at radius 2 is 2.10 bits per heavy atom. The van der Waals surface area contributed by atoms with E-state index < -0.39 is 5.97 Å². The number of thiophene rings is 2. The van der Waals surface area contributed by atoms with Crippen molar-refractivity contribution < 1.29 is 14.7 Å². The molecule has 3 rings (SSSR count). The summed E-state index contributed by atoms with van der Waals surface area (Å²) in [6, 6.07) is 3.31. The highest BCUT2D eigenvalue weighted by molar-refractivity contribution is 7.14. The molecule has 0 radical (unpaired) electrons. The molecule has 1 aliphatic heterocycles. The van der Waals surface area contributed by atoms with Crippen LogP contribution in [0.3, 0.4) is 0 Å². The molecule has 2 aromatic heterocycles. The fourth-order valence-electron chi connectivity index (χ4n) is 2.53. The zero-order chi connectivity index (χ0) is 15.0. The van der Waals surface area contributed by atoms with Gasteiger partial charge in [0.15, 0.2) is 0 Å². The van der Waals surface area contributed by atoms with Crippen LogP contribution in [-0.4, -0.2) is 28.6 Å². The Balaban J connectivity index is 1.77. The number of hydrogen-bond donors (Lipinski definition) is 2. The number of hydrogen-bond acceptors (Lipinski definition) is 4. The third-order valence-corrected chi connectivity index (χ3v) is 5.48. The number of carbonyl (C=O) groups is 2. The fourth-order valence-corrected chi connectivity index (χ4v) is 4.26. The van der Waals surface area contributed by atoms with Crippen molar-refractivity contribution in [2.75, 3.05) is 11.9 Å². The smallest absolute Gasteiger partial charge is 0.338 e. The normalized spacial score (nSPS) is 17.4. The van der Waals surface area contributed by atoms with E-state index >= 15 is 0 Å². The first-order valence-corrected chi connectivity index (χ1v) is 8.28. The highest BCUT2D eigenvalue weighted by atomic mass is 32.1. The van der Waals surface area contributed by atoms with E-state index in [2.05, 4.69) is 11.4 Å². The maximum atomic E-state index is 12.4. The van der Waals surface area contributed by atoms with Crippen molar-refractivity contribution in [3.8, 4) is 0 Å². The van der Waals surface area contributed by atoms with E-state index in [4.69, 9.17) is 5.11 Å². The quantitative estimate of drug-likeness (QED) is 0.886. The Labute approximate surface area is 129 Å². The predicted molar refractivity (Wildman–Crippen MR) is 83.4 cm³/mol. The van der Waals surface area contributed by atoms with Gasteiger partial charge in [0.2, 0.25) is 0 Å². The van der Waals surface area contributed by atoms with Crippen molar-refractivity contribution in [2.24, 2.45) is 0 Å². The second-order valence-electron chi connectivity index (χ2n) is 4.82. The standard InChI is InChI=1S/C14H14N2O3S2/c1-8-9-3-6-20-11(9)2-5-16(8)14(19)15-12-10(13(17)18)4-7-21-12/h3-4,6-8H,2,5H2,1H3,(H,15,19)(H,17,18). The van der Waals surface area contributed by atoms with Crippen LogP contribution in [0.1, 0.15) is 33.8 Å². The van der Waals surface area contributed by atoms with E-state index in [1.807, 2.05) is 12.3 Å². The minimum atomic E-state index is -1.03. The number of carboxylic acid groups (broad SMARTS) is 1. The summed E-state index contributed by atoms with van der Waals surface area (Å²) in [6.07, 6.45) is 0.848. The number of anilines is 1. The lowest BCUT2D eigenvalue weighted by atomic mass is 10.0. The Morgan fingerprint density at radius 1 is 1.33 bits per heavy atom. The molecular formula is C14H14N2O3S2. The first-order valence-electron chi connectivity index (χ1n) is 6.52. The Hall–Kier alpha value is -1.86. The molecule has 0 spiro atoms. The second-order valence-corrected chi connectivity index (χ2v) is 6.73. The summed E-state index contributed by atoms with van der Waals surface area (Å²) < 4.78 is 0. The van der Waals surface area contributed by atoms with E-state index in [0.717, 1.165) is 6.42 Å². The molecule has 5 nitrogen and oxygen atoms in total. The molecule has 2 N–H and O–H groups in total. The molecule has 1 unspecified atom stereocenters. The third-order valence-electron chi connectivity index (χ3n) is 3.65. The minimum Gasteiger partial charge on any atom is -0.478 e. The summed E-state index contributed by atoms with van der Waals surface area (Å²) in [7, 11) is 0. The van der Waals surface area contributed by atoms with Crippen LogP contribution in [0, 0.1) is 0 Å². The van der Waals surface area contributed by atoms with Crippen molar-refractivity contribution in [2.45, 2.75) is 19.4 Å². The molecule has 110 valence electrons. The summed E-state index contributed by atoms with van der Waals surface area (Å²) in [6.45, 7) is 2.64. The number of nitrogens with one attached hydrogen (secondary N) is 1. The maximum Gasteiger partial charge on any atom is 0.338 e. The van der Waals surface area contributed by atoms with Gasteiger partial charge in [-0.2, -0.15) is 0 Å². The SMILES string of the molecule is CC1c2ccsc2CCN1C(=O)Nc1sccc1C(=O)O. The molecule has 0 saturated carbocycles. The van der Waals surface area contributed by atoms with Crippen molar-refractivity contribution in [1.82, 2.24) is 4.90 Å². The van der Waals surface area contributed by atoms with Gasteiger partial charge in [0.25, 0.3) is 0 Å². The molecule has 0 bridgehead atoms. The zero-order valence-corrected chi connectivity index (χ0v) is 13.0. The van der Waals surface area contributed by atoms with E-state index in [-0.39, 0.29) is 17.6 Å². The molecule has 3 heterocycles. The summed E-state index contributed by atoms with van der Waals surface area (Å²) in [5.41, 5.74) is 1.32. The topological polar surface area (TPSA) is 69.6 Å². The van der Waals surface area contributed by atoms with Crippen LogP contribution < -0.4 is 5.32 Å². The minimum absolute atomic E-state index is 0.00763. The maximum absolute atomic E-state index is 12.4. The Bertz CT molecular complexity index is 692. The van der Waals surface area contributed by atoms with Crippen LogP contribution in [-0.2, 0) is 6.42 Å². The highest BCUT2D eigenvalue weighted by Gasteiger charge is 2.29. The Morgan fingerprint density at radius 3 is 2.86 bits per heavy atom. The van der Waals surface area contributed by atoms with Gasteiger partial charge in [-0.15, -0.1) is 22.7 Å². The molecule has 0 aliphatic carbocycles. The van der Waals surface area contributed by atoms with Crippen molar-refractivity contribution in [3.05, 3.63) is 38.9 Å². The van der Waals surface area contributed by atoms with Gasteiger partial charge < -0.3 is 10.0 Å². The molecule has 0 aromatic carbocycles. The number of aromatic carboxylic acids is 1. The van der Waals surface area contributed by atoms with Crippen molar-refractivity contribution in [3.63, 3.8) is 0 Å². The fraction of sp³-hybridized carbons (Fsp3) is 0.286. The van der Waals surface area contributed by atoms with Gasteiger partial charge in [0.05, 0.1) is 11.6 Å². The van der Waals surface area contributed by atoms with Crippen LogP contribution in [0.5, 0.6) is 0 Å². The summed E-state index contributed by atoms with van der Waals surface area (Å²) >= 11 is 2.94. The lowest BCUT2D eigenvalue weighted by Crippen LogP contribution is -2.41. The molecule has 1 atom stereocenters. The number of nitrogens with zero attached hydrogens (tertiary/aromatic N) is 1. The number of carbonyl (C=O) groups excluding carboxylic acids is 1. The van der Waals surface area contributed by atoms with E-state index in [9.17, 15) is 9.59 Å². The van der Waals surface area contributed by atoms with Crippen LogP contribution >= 0.6 is 22.7 Å². The molecule has 2 amide bonds. The van der Waals surface area contributed by atoms with Gasteiger partial charge >= 0.3 is 12.0 Å². The lowest BCUT2D eigenvalue weighted by molar-refractivity contribution is 0.0698. The molecular weight excluding hydrogens is 308 g/mol. The van der Waals surface area contributed by atoms with Gasteiger partial charge in [-0.1, -0.05) is 0 Å². The van der Waals surface area contributed by atoms with Gasteiger partial charge in [-0.3, -0.25) is 5.32 Å². The Kier molecular flexibility index (Phi) is 3.69. The molecule has 0 saturated heterocycles. The lowest BCUT2D eigenvalue weighted by Gasteiger charge is -2.33. The van der Waals surface area contributed by atoms with Crippen LogP contribution in [0.15, 0.2) is 22.9 Å². The molecule has 2 aromatic rings. The van der Waals surface area contributed by atoms with Gasteiger partial charge in [0.1, 0.15) is 5.00 Å². The summed E-state index contributed by atoms with van der Waals surface area (Å²) in [4.78, 5) is 26.6. The number of carboxylic acids is 1. The van der Waals surface area contributed by atoms with Gasteiger partial charge in [0, 0.05) is 11.4 Å². The van der Waals surface area contributed by atoms with E-state index in [0.29, 0.717) is 11.5 Å². The van der Waals surface area contributed by atoms with Gasteiger partial charge in [-0.25, -0.2) is 9.59 Å². The summed E-state index contributed by atoms with van der Waals surface area (Å²) in [5.74, 6) is -1.03. The largest absolute Gasteiger partial charge is 0.478 e. The highest BCUT2D eigenvalue weighted by Crippen LogP contribution is 2.33. The van der Waals surface area contributed by atoms with Crippen molar-refractivity contribution in [1.29, 1.82) is 0 Å². The van der Waals surface area contributed by atoms with Crippen LogP contribution in [0.4, 0.5) is 9.80 Å². The average Bonchev–Trinajstić information content (AvgIpc) is 3.07. The third kappa shape index (κ3) is 2.54. The molecule has 7 heteroatoms. The molecule has 1 aliphatic rings. The van der Waals surface area contributed by atoms with E-state index in [1.54, 1.807) is 21.6 Å². The molecule has 21 heavy (non-hydrogen) atoms. The zero-order valence-electron chi connectivity index (χ0n) is 11.3. The van der Waals surface area contributed by atoms with Crippen LogP contribution in [0.25, 0.3) is 0 Å². The van der Waals surface area contributed by atoms with Crippen LogP contribution in [0.2, 0.25) is 0 Å². The first kappa shape index (κ1) is 14.1. The first-order chi connectivity index (χ1) is 10.1. The number of urea groups is 1. The second kappa shape index (κ2) is 5.50. The number of rotatable bonds is 2. The van der Waals surface area contributed by atoms with E-state index in [1.165, 1.54) is 27.8 Å². The average molecular weight is 322 g/mol. The predicted octanol–water partition coefficient (Wildman–Crippen LogP) is 3.66. The van der Waals surface area contributed by atoms with Crippen molar-refractivity contribution >= 4 is 39.7 Å². The number of fused-ring (bicyclic) bond motifs is 1. The number of amides is 2. The van der Waals surface area contributed by atoms with Gasteiger partial charge in [-0.05, 0) is 41.8 Å². The monoisotopic (exact) mass is 322 g/mol.